The lowest BCUT2D eigenvalue weighted by molar-refractivity contribution is -0.384. The molecule has 0 saturated heterocycles. The van der Waals surface area contributed by atoms with Crippen LogP contribution < -0.4 is 5.32 Å². The van der Waals surface area contributed by atoms with Crippen LogP contribution >= 0.6 is 0 Å². The van der Waals surface area contributed by atoms with E-state index in [1.54, 1.807) is 6.20 Å². The van der Waals surface area contributed by atoms with Crippen LogP contribution in [0.15, 0.2) is 30.6 Å². The van der Waals surface area contributed by atoms with Crippen molar-refractivity contribution in [3.05, 3.63) is 52.1 Å². The van der Waals surface area contributed by atoms with Gasteiger partial charge in [0.2, 0.25) is 0 Å². The van der Waals surface area contributed by atoms with Gasteiger partial charge in [0.05, 0.1) is 17.0 Å². The number of hydrogen-bond acceptors (Lipinski definition) is 4. The highest BCUT2D eigenvalue weighted by Gasteiger charge is 2.32. The number of nitro benzene ring substituents is 1. The Kier molecular flexibility index (Phi) is 3.59. The van der Waals surface area contributed by atoms with Crippen molar-refractivity contribution >= 4 is 11.4 Å². The number of nitrogens with one attached hydrogen (secondary N) is 2. The van der Waals surface area contributed by atoms with E-state index in [1.807, 2.05) is 0 Å². The number of H-pyrrole nitrogens is 1. The van der Waals surface area contributed by atoms with E-state index in [0.717, 1.165) is 12.1 Å². The van der Waals surface area contributed by atoms with Crippen LogP contribution in [0.5, 0.6) is 0 Å². The van der Waals surface area contributed by atoms with E-state index >= 15 is 0 Å². The van der Waals surface area contributed by atoms with Crippen molar-refractivity contribution in [1.82, 2.24) is 9.97 Å². The normalized spacial score (nSPS) is 11.3. The summed E-state index contributed by atoms with van der Waals surface area (Å²) < 4.78 is 37.5. The van der Waals surface area contributed by atoms with Gasteiger partial charge in [-0.1, -0.05) is 0 Å². The van der Waals surface area contributed by atoms with Crippen LogP contribution in [0.1, 0.15) is 11.4 Å². The molecule has 0 bridgehead atoms. The number of imidazole rings is 1. The summed E-state index contributed by atoms with van der Waals surface area (Å²) in [7, 11) is 0. The first-order chi connectivity index (χ1) is 9.38. The van der Waals surface area contributed by atoms with Crippen molar-refractivity contribution in [3.63, 3.8) is 0 Å². The molecule has 20 heavy (non-hydrogen) atoms. The molecule has 106 valence electrons. The molecule has 0 spiro atoms. The number of aromatic nitrogens is 2. The van der Waals surface area contributed by atoms with Gasteiger partial charge in [-0.15, -0.1) is 0 Å². The second-order valence-electron chi connectivity index (χ2n) is 3.88. The highest BCUT2D eigenvalue weighted by Crippen LogP contribution is 2.34. The van der Waals surface area contributed by atoms with Gasteiger partial charge in [-0.25, -0.2) is 4.98 Å². The van der Waals surface area contributed by atoms with Gasteiger partial charge in [-0.05, 0) is 12.1 Å². The molecule has 0 amide bonds. The van der Waals surface area contributed by atoms with Crippen molar-refractivity contribution < 1.29 is 18.1 Å². The first kappa shape index (κ1) is 13.8. The van der Waals surface area contributed by atoms with E-state index in [2.05, 4.69) is 15.3 Å². The van der Waals surface area contributed by atoms with E-state index in [9.17, 15) is 23.3 Å². The summed E-state index contributed by atoms with van der Waals surface area (Å²) in [4.78, 5) is 16.6. The Bertz CT molecular complexity index is 611. The van der Waals surface area contributed by atoms with Gasteiger partial charge in [0.1, 0.15) is 11.5 Å². The van der Waals surface area contributed by atoms with Crippen LogP contribution in [0.25, 0.3) is 0 Å². The molecule has 0 fully saturated rings. The zero-order chi connectivity index (χ0) is 14.8. The summed E-state index contributed by atoms with van der Waals surface area (Å²) in [5.74, 6) is 0.513. The standard InChI is InChI=1S/C11H9F3N4O2/c12-11(13,14)7-1-2-8(9(5-7)18(19)20)17-6-10-15-3-4-16-10/h1-5,17H,6H2,(H,15,16). The number of rotatable bonds is 4. The van der Waals surface area contributed by atoms with Gasteiger partial charge in [-0.3, -0.25) is 10.1 Å². The Morgan fingerprint density at radius 3 is 2.70 bits per heavy atom. The third kappa shape index (κ3) is 3.05. The van der Waals surface area contributed by atoms with E-state index in [4.69, 9.17) is 0 Å². The number of aromatic amines is 1. The zero-order valence-electron chi connectivity index (χ0n) is 9.94. The lowest BCUT2D eigenvalue weighted by atomic mass is 10.1. The molecule has 1 aromatic carbocycles. The fourth-order valence-corrected chi connectivity index (χ4v) is 1.58. The SMILES string of the molecule is O=[N+]([O-])c1cc(C(F)(F)F)ccc1NCc1ncc[nH]1. The summed E-state index contributed by atoms with van der Waals surface area (Å²) >= 11 is 0. The largest absolute Gasteiger partial charge is 0.416 e. The van der Waals surface area contributed by atoms with E-state index in [0.29, 0.717) is 11.9 Å². The molecule has 1 aromatic heterocycles. The topological polar surface area (TPSA) is 83.8 Å². The molecule has 0 saturated carbocycles. The predicted molar refractivity (Wildman–Crippen MR) is 64.0 cm³/mol. The molecule has 0 aliphatic carbocycles. The Morgan fingerprint density at radius 1 is 1.40 bits per heavy atom. The molecule has 0 radical (unpaired) electrons. The molecule has 2 aromatic rings. The van der Waals surface area contributed by atoms with Gasteiger partial charge < -0.3 is 10.3 Å². The van der Waals surface area contributed by atoms with Crippen LogP contribution in [0.4, 0.5) is 24.5 Å². The molecule has 0 atom stereocenters. The van der Waals surface area contributed by atoms with Crippen molar-refractivity contribution in [2.75, 3.05) is 5.32 Å². The van der Waals surface area contributed by atoms with Gasteiger partial charge >= 0.3 is 6.18 Å². The average molecular weight is 286 g/mol. The van der Waals surface area contributed by atoms with Crippen molar-refractivity contribution in [3.8, 4) is 0 Å². The summed E-state index contributed by atoms with van der Waals surface area (Å²) in [6.45, 7) is 0.138. The lowest BCUT2D eigenvalue weighted by Gasteiger charge is -2.09. The number of anilines is 1. The third-order valence-electron chi connectivity index (χ3n) is 2.52. The highest BCUT2D eigenvalue weighted by molar-refractivity contribution is 5.62. The van der Waals surface area contributed by atoms with Crippen molar-refractivity contribution in [1.29, 1.82) is 0 Å². The molecule has 0 unspecified atom stereocenters. The minimum Gasteiger partial charge on any atom is -0.372 e. The van der Waals surface area contributed by atoms with E-state index < -0.39 is 22.4 Å². The van der Waals surface area contributed by atoms with E-state index in [1.165, 1.54) is 6.20 Å². The van der Waals surface area contributed by atoms with Crippen molar-refractivity contribution in [2.24, 2.45) is 0 Å². The minimum absolute atomic E-state index is 0.000556. The first-order valence-electron chi connectivity index (χ1n) is 5.45. The zero-order valence-corrected chi connectivity index (χ0v) is 9.94. The number of nitro groups is 1. The van der Waals surface area contributed by atoms with E-state index in [-0.39, 0.29) is 12.2 Å². The maximum Gasteiger partial charge on any atom is 0.416 e. The second kappa shape index (κ2) is 5.19. The fourth-order valence-electron chi connectivity index (χ4n) is 1.58. The first-order valence-corrected chi connectivity index (χ1v) is 5.45. The smallest absolute Gasteiger partial charge is 0.372 e. The van der Waals surface area contributed by atoms with Crippen LogP contribution in [0, 0.1) is 10.1 Å². The molecule has 0 aliphatic rings. The highest BCUT2D eigenvalue weighted by atomic mass is 19.4. The van der Waals surface area contributed by atoms with Gasteiger partial charge in [0.15, 0.2) is 0 Å². The second-order valence-corrected chi connectivity index (χ2v) is 3.88. The van der Waals surface area contributed by atoms with Crippen LogP contribution in [0.3, 0.4) is 0 Å². The Hall–Kier alpha value is -2.58. The molecule has 6 nitrogen and oxygen atoms in total. The third-order valence-corrected chi connectivity index (χ3v) is 2.52. The number of hydrogen-bond donors (Lipinski definition) is 2. The molecular weight excluding hydrogens is 277 g/mol. The van der Waals surface area contributed by atoms with Crippen molar-refractivity contribution in [2.45, 2.75) is 12.7 Å². The van der Waals surface area contributed by atoms with Gasteiger partial charge in [-0.2, -0.15) is 13.2 Å². The van der Waals surface area contributed by atoms with Crippen LogP contribution in [0.2, 0.25) is 0 Å². The summed E-state index contributed by atoms with van der Waals surface area (Å²) in [5, 5.41) is 13.5. The molecule has 9 heteroatoms. The number of halogens is 3. The minimum atomic E-state index is -4.62. The maximum absolute atomic E-state index is 12.5. The summed E-state index contributed by atoms with van der Waals surface area (Å²) in [6.07, 6.45) is -1.55. The summed E-state index contributed by atoms with van der Waals surface area (Å²) in [5.41, 5.74) is -1.70. The number of benzene rings is 1. The Labute approximate surface area is 110 Å². The van der Waals surface area contributed by atoms with Gasteiger partial charge in [0, 0.05) is 18.5 Å². The Balaban J connectivity index is 2.26. The number of alkyl halides is 3. The molecular formula is C11H9F3N4O2. The molecule has 0 aliphatic heterocycles. The maximum atomic E-state index is 12.5. The fraction of sp³-hybridized carbons (Fsp3) is 0.182. The lowest BCUT2D eigenvalue weighted by Crippen LogP contribution is -2.08. The predicted octanol–water partition coefficient (Wildman–Crippen LogP) is 2.95. The molecule has 1 heterocycles. The van der Waals surface area contributed by atoms with Crippen LogP contribution in [-0.4, -0.2) is 14.9 Å². The quantitative estimate of drug-likeness (QED) is 0.668. The molecule has 2 rings (SSSR count). The monoisotopic (exact) mass is 286 g/mol. The Morgan fingerprint density at radius 2 is 2.15 bits per heavy atom. The average Bonchev–Trinajstić information content (AvgIpc) is 2.88. The molecule has 2 N–H and O–H groups in total. The number of nitrogens with zero attached hydrogens (tertiary/aromatic N) is 2. The van der Waals surface area contributed by atoms with Gasteiger partial charge in [0.25, 0.3) is 5.69 Å². The van der Waals surface area contributed by atoms with Crippen LogP contribution in [-0.2, 0) is 12.7 Å². The summed E-state index contributed by atoms with van der Waals surface area (Å²) in [6, 6.07) is 2.33.